The van der Waals surface area contributed by atoms with Gasteiger partial charge in [0.25, 0.3) is 0 Å². The standard InChI is InChI=1S/C9H8N4S/c10-7-5-12-9(13-6-7)14-8-3-1-2-4-11-8/h1-6H,10H2. The minimum Gasteiger partial charge on any atom is -0.396 e. The van der Waals surface area contributed by atoms with Gasteiger partial charge in [0.2, 0.25) is 0 Å². The van der Waals surface area contributed by atoms with Crippen molar-refractivity contribution in [3.05, 3.63) is 36.8 Å². The van der Waals surface area contributed by atoms with Crippen molar-refractivity contribution in [3.63, 3.8) is 0 Å². The van der Waals surface area contributed by atoms with Crippen LogP contribution >= 0.6 is 11.8 Å². The Morgan fingerprint density at radius 2 is 1.86 bits per heavy atom. The van der Waals surface area contributed by atoms with E-state index in [9.17, 15) is 0 Å². The van der Waals surface area contributed by atoms with Crippen LogP contribution in [0.2, 0.25) is 0 Å². The molecule has 0 atom stereocenters. The van der Waals surface area contributed by atoms with Crippen LogP contribution in [-0.4, -0.2) is 15.0 Å². The van der Waals surface area contributed by atoms with Crippen LogP contribution in [0, 0.1) is 0 Å². The van der Waals surface area contributed by atoms with Gasteiger partial charge in [0.1, 0.15) is 5.03 Å². The Kier molecular flexibility index (Phi) is 2.60. The van der Waals surface area contributed by atoms with Gasteiger partial charge in [-0.2, -0.15) is 0 Å². The molecule has 5 heteroatoms. The molecule has 0 saturated heterocycles. The smallest absolute Gasteiger partial charge is 0.193 e. The molecule has 0 fully saturated rings. The van der Waals surface area contributed by atoms with Crippen LogP contribution in [0.3, 0.4) is 0 Å². The summed E-state index contributed by atoms with van der Waals surface area (Å²) in [4.78, 5) is 12.3. The zero-order valence-electron chi connectivity index (χ0n) is 7.29. The lowest BCUT2D eigenvalue weighted by atomic mass is 10.5. The largest absolute Gasteiger partial charge is 0.396 e. The Labute approximate surface area is 85.6 Å². The molecule has 0 aliphatic carbocycles. The van der Waals surface area contributed by atoms with Gasteiger partial charge in [0.15, 0.2) is 5.16 Å². The topological polar surface area (TPSA) is 64.7 Å². The summed E-state index contributed by atoms with van der Waals surface area (Å²) >= 11 is 1.41. The van der Waals surface area contributed by atoms with E-state index in [-0.39, 0.29) is 0 Å². The summed E-state index contributed by atoms with van der Waals surface area (Å²) in [5.41, 5.74) is 6.04. The zero-order chi connectivity index (χ0) is 9.80. The molecule has 0 saturated carbocycles. The van der Waals surface area contributed by atoms with Gasteiger partial charge < -0.3 is 5.73 Å². The highest BCUT2D eigenvalue weighted by atomic mass is 32.2. The first kappa shape index (κ1) is 8.96. The highest BCUT2D eigenvalue weighted by Crippen LogP contribution is 2.21. The predicted octanol–water partition coefficient (Wildman–Crippen LogP) is 1.61. The lowest BCUT2D eigenvalue weighted by molar-refractivity contribution is 0.964. The van der Waals surface area contributed by atoms with Gasteiger partial charge in [0.05, 0.1) is 18.1 Å². The first-order chi connectivity index (χ1) is 6.84. The molecule has 2 N–H and O–H groups in total. The molecular formula is C9H8N4S. The SMILES string of the molecule is Nc1cnc(Sc2ccccn2)nc1. The number of anilines is 1. The van der Waals surface area contributed by atoms with E-state index < -0.39 is 0 Å². The number of nitrogens with two attached hydrogens (primary N) is 1. The number of nitrogen functional groups attached to an aromatic ring is 1. The lowest BCUT2D eigenvalue weighted by Crippen LogP contribution is -1.90. The predicted molar refractivity (Wildman–Crippen MR) is 54.8 cm³/mol. The van der Waals surface area contributed by atoms with Crippen LogP contribution in [0.5, 0.6) is 0 Å². The van der Waals surface area contributed by atoms with Gasteiger partial charge >= 0.3 is 0 Å². The van der Waals surface area contributed by atoms with Crippen molar-refractivity contribution in [2.75, 3.05) is 5.73 Å². The van der Waals surface area contributed by atoms with Crippen LogP contribution in [0.25, 0.3) is 0 Å². The fourth-order valence-corrected chi connectivity index (χ4v) is 1.54. The monoisotopic (exact) mass is 204 g/mol. The van der Waals surface area contributed by atoms with E-state index in [2.05, 4.69) is 15.0 Å². The van der Waals surface area contributed by atoms with Crippen molar-refractivity contribution in [1.82, 2.24) is 15.0 Å². The average molecular weight is 204 g/mol. The molecule has 14 heavy (non-hydrogen) atoms. The summed E-state index contributed by atoms with van der Waals surface area (Å²) in [6.45, 7) is 0. The number of hydrogen-bond donors (Lipinski definition) is 1. The van der Waals surface area contributed by atoms with Crippen molar-refractivity contribution < 1.29 is 0 Å². The normalized spacial score (nSPS) is 10.0. The summed E-state index contributed by atoms with van der Waals surface area (Å²) < 4.78 is 0. The number of hydrogen-bond acceptors (Lipinski definition) is 5. The second-order valence-electron chi connectivity index (χ2n) is 2.57. The Balaban J connectivity index is 2.16. The highest BCUT2D eigenvalue weighted by Gasteiger charge is 1.99. The minimum absolute atomic E-state index is 0.565. The van der Waals surface area contributed by atoms with Crippen molar-refractivity contribution in [2.24, 2.45) is 0 Å². The summed E-state index contributed by atoms with van der Waals surface area (Å²) in [5.74, 6) is 0. The molecule has 2 aromatic rings. The molecular weight excluding hydrogens is 196 g/mol. The molecule has 2 rings (SSSR count). The van der Waals surface area contributed by atoms with Gasteiger partial charge in [-0.15, -0.1) is 0 Å². The summed E-state index contributed by atoms with van der Waals surface area (Å²) in [5, 5.41) is 1.52. The van der Waals surface area contributed by atoms with Crippen LogP contribution in [-0.2, 0) is 0 Å². The van der Waals surface area contributed by atoms with Crippen LogP contribution in [0.15, 0.2) is 47.0 Å². The third-order valence-electron chi connectivity index (χ3n) is 1.48. The summed E-state index contributed by atoms with van der Waals surface area (Å²) in [6, 6.07) is 5.70. The maximum absolute atomic E-state index is 5.47. The van der Waals surface area contributed by atoms with E-state index in [0.717, 1.165) is 5.03 Å². The van der Waals surface area contributed by atoms with E-state index in [4.69, 9.17) is 5.73 Å². The number of nitrogens with zero attached hydrogens (tertiary/aromatic N) is 3. The maximum atomic E-state index is 5.47. The van der Waals surface area contributed by atoms with Gasteiger partial charge in [-0.1, -0.05) is 6.07 Å². The summed E-state index contributed by atoms with van der Waals surface area (Å²) in [7, 11) is 0. The fourth-order valence-electron chi connectivity index (χ4n) is 0.880. The molecule has 0 unspecified atom stereocenters. The van der Waals surface area contributed by atoms with Crippen molar-refractivity contribution in [1.29, 1.82) is 0 Å². The summed E-state index contributed by atoms with van der Waals surface area (Å²) in [6.07, 6.45) is 4.90. The molecule has 0 aromatic carbocycles. The maximum Gasteiger partial charge on any atom is 0.193 e. The molecule has 0 aliphatic rings. The van der Waals surface area contributed by atoms with Gasteiger partial charge in [0, 0.05) is 6.20 Å². The van der Waals surface area contributed by atoms with E-state index in [1.54, 1.807) is 18.6 Å². The first-order valence-corrected chi connectivity index (χ1v) is 4.82. The molecule has 4 nitrogen and oxygen atoms in total. The highest BCUT2D eigenvalue weighted by molar-refractivity contribution is 7.99. The molecule has 0 spiro atoms. The van der Waals surface area contributed by atoms with Gasteiger partial charge in [-0.05, 0) is 23.9 Å². The zero-order valence-corrected chi connectivity index (χ0v) is 8.11. The van der Waals surface area contributed by atoms with Gasteiger partial charge in [-0.25, -0.2) is 15.0 Å². The Morgan fingerprint density at radius 3 is 2.50 bits per heavy atom. The number of rotatable bonds is 2. The molecule has 0 radical (unpaired) electrons. The van der Waals surface area contributed by atoms with Crippen LogP contribution < -0.4 is 5.73 Å². The Morgan fingerprint density at radius 1 is 1.07 bits per heavy atom. The molecule has 0 amide bonds. The molecule has 2 heterocycles. The Hall–Kier alpha value is -1.62. The number of aromatic nitrogens is 3. The first-order valence-electron chi connectivity index (χ1n) is 4.01. The lowest BCUT2D eigenvalue weighted by Gasteiger charge is -1.98. The van der Waals surface area contributed by atoms with Gasteiger partial charge in [-0.3, -0.25) is 0 Å². The number of pyridine rings is 1. The molecule has 0 aliphatic heterocycles. The minimum atomic E-state index is 0.565. The molecule has 2 aromatic heterocycles. The molecule has 0 bridgehead atoms. The molecule has 70 valence electrons. The third-order valence-corrected chi connectivity index (χ3v) is 2.33. The Bertz CT molecular complexity index is 401. The quantitative estimate of drug-likeness (QED) is 0.753. The van der Waals surface area contributed by atoms with Crippen molar-refractivity contribution in [2.45, 2.75) is 10.2 Å². The van der Waals surface area contributed by atoms with Crippen molar-refractivity contribution in [3.8, 4) is 0 Å². The van der Waals surface area contributed by atoms with E-state index in [0.29, 0.717) is 10.8 Å². The second-order valence-corrected chi connectivity index (χ2v) is 3.56. The average Bonchev–Trinajstić information content (AvgIpc) is 2.23. The van der Waals surface area contributed by atoms with Crippen LogP contribution in [0.4, 0.5) is 5.69 Å². The van der Waals surface area contributed by atoms with E-state index in [1.165, 1.54) is 11.8 Å². The fraction of sp³-hybridized carbons (Fsp3) is 0. The third kappa shape index (κ3) is 2.20. The van der Waals surface area contributed by atoms with Crippen molar-refractivity contribution >= 4 is 17.4 Å². The van der Waals surface area contributed by atoms with E-state index >= 15 is 0 Å². The van der Waals surface area contributed by atoms with Crippen LogP contribution in [0.1, 0.15) is 0 Å². The second kappa shape index (κ2) is 4.06. The van der Waals surface area contributed by atoms with E-state index in [1.807, 2.05) is 18.2 Å².